The van der Waals surface area contributed by atoms with Crippen LogP contribution >= 0.6 is 11.6 Å². The smallest absolute Gasteiger partial charge is 0.411 e. The molecule has 0 aliphatic rings. The van der Waals surface area contributed by atoms with E-state index in [4.69, 9.17) is 16.3 Å². The predicted molar refractivity (Wildman–Crippen MR) is 92.5 cm³/mol. The summed E-state index contributed by atoms with van der Waals surface area (Å²) < 4.78 is 10.5. The first-order valence-electron chi connectivity index (χ1n) is 7.25. The number of benzene rings is 2. The molecule has 0 bridgehead atoms. The summed E-state index contributed by atoms with van der Waals surface area (Å²) in [6.45, 7) is 6.28. The second-order valence-corrected chi connectivity index (χ2v) is 5.78. The first kappa shape index (κ1) is 17.2. The zero-order valence-corrected chi connectivity index (χ0v) is 14.5. The maximum absolute atomic E-state index is 11.5. The van der Waals surface area contributed by atoms with Gasteiger partial charge < -0.3 is 9.47 Å². The zero-order chi connectivity index (χ0) is 17.0. The van der Waals surface area contributed by atoms with Crippen molar-refractivity contribution in [2.45, 2.75) is 27.4 Å². The van der Waals surface area contributed by atoms with Crippen LogP contribution in [0.4, 0.5) is 10.5 Å². The largest absolute Gasteiger partial charge is 0.487 e. The van der Waals surface area contributed by atoms with E-state index < -0.39 is 6.09 Å². The Hall–Kier alpha value is -2.20. The molecule has 4 nitrogen and oxygen atoms in total. The van der Waals surface area contributed by atoms with E-state index in [1.54, 1.807) is 0 Å². The van der Waals surface area contributed by atoms with Crippen molar-refractivity contribution in [3.05, 3.63) is 57.6 Å². The lowest BCUT2D eigenvalue weighted by atomic mass is 10.1. The van der Waals surface area contributed by atoms with Crippen molar-refractivity contribution in [3.63, 3.8) is 0 Å². The molecule has 0 unspecified atom stereocenters. The number of hydrogen-bond donors (Lipinski definition) is 1. The quantitative estimate of drug-likeness (QED) is 0.854. The molecule has 0 radical (unpaired) electrons. The van der Waals surface area contributed by atoms with Gasteiger partial charge in [-0.2, -0.15) is 0 Å². The van der Waals surface area contributed by atoms with E-state index in [2.05, 4.69) is 10.1 Å². The fraction of sp³-hybridized carbons (Fsp3) is 0.278. The molecule has 0 aliphatic carbocycles. The summed E-state index contributed by atoms with van der Waals surface area (Å²) >= 11 is 6.24. The van der Waals surface area contributed by atoms with E-state index in [-0.39, 0.29) is 0 Å². The van der Waals surface area contributed by atoms with Crippen LogP contribution < -0.4 is 10.1 Å². The van der Waals surface area contributed by atoms with Crippen LogP contribution in [0.5, 0.6) is 5.75 Å². The Morgan fingerprint density at radius 2 is 1.83 bits per heavy atom. The fourth-order valence-corrected chi connectivity index (χ4v) is 2.46. The lowest BCUT2D eigenvalue weighted by Crippen LogP contribution is -2.14. The number of halogens is 1. The van der Waals surface area contributed by atoms with E-state index >= 15 is 0 Å². The lowest BCUT2D eigenvalue weighted by molar-refractivity contribution is 0.187. The van der Waals surface area contributed by atoms with Crippen molar-refractivity contribution in [3.8, 4) is 5.75 Å². The average molecular weight is 334 g/mol. The predicted octanol–water partition coefficient (Wildman–Crippen LogP) is 5.02. The molecule has 0 fully saturated rings. The second-order valence-electron chi connectivity index (χ2n) is 5.37. The van der Waals surface area contributed by atoms with Crippen LogP contribution in [0.2, 0.25) is 5.02 Å². The van der Waals surface area contributed by atoms with Crippen molar-refractivity contribution in [2.24, 2.45) is 0 Å². The summed E-state index contributed by atoms with van der Waals surface area (Å²) in [4.78, 5) is 11.5. The molecule has 1 amide bonds. The Morgan fingerprint density at radius 3 is 2.52 bits per heavy atom. The number of carbonyl (C=O) groups is 1. The highest BCUT2D eigenvalue weighted by Gasteiger charge is 2.11. The molecule has 0 aromatic heterocycles. The van der Waals surface area contributed by atoms with Gasteiger partial charge in [0.05, 0.1) is 17.8 Å². The minimum atomic E-state index is -0.513. The SMILES string of the molecule is COC(=O)Nc1cccc(C)c1COc1cc(C)c(C)cc1Cl. The number of rotatable bonds is 4. The molecule has 1 N–H and O–H groups in total. The zero-order valence-electron chi connectivity index (χ0n) is 13.7. The van der Waals surface area contributed by atoms with E-state index in [1.807, 2.05) is 51.1 Å². The number of methoxy groups -OCH3 is 1. The minimum Gasteiger partial charge on any atom is -0.487 e. The van der Waals surface area contributed by atoms with E-state index in [1.165, 1.54) is 7.11 Å². The third-order valence-corrected chi connectivity index (χ3v) is 4.05. The Balaban J connectivity index is 2.23. The van der Waals surface area contributed by atoms with E-state index in [9.17, 15) is 4.79 Å². The van der Waals surface area contributed by atoms with Crippen LogP contribution in [0.3, 0.4) is 0 Å². The summed E-state index contributed by atoms with van der Waals surface area (Å²) in [5.41, 5.74) is 4.79. The van der Waals surface area contributed by atoms with Crippen LogP contribution in [0.25, 0.3) is 0 Å². The van der Waals surface area contributed by atoms with Gasteiger partial charge in [0, 0.05) is 5.56 Å². The Bertz CT molecular complexity index is 728. The molecule has 122 valence electrons. The number of amides is 1. The lowest BCUT2D eigenvalue weighted by Gasteiger charge is -2.15. The summed E-state index contributed by atoms with van der Waals surface area (Å²) in [6.07, 6.45) is -0.513. The highest BCUT2D eigenvalue weighted by molar-refractivity contribution is 6.32. The molecule has 0 aliphatic heterocycles. The van der Waals surface area contributed by atoms with Crippen LogP contribution in [-0.4, -0.2) is 13.2 Å². The molecule has 0 saturated carbocycles. The highest BCUT2D eigenvalue weighted by atomic mass is 35.5. The minimum absolute atomic E-state index is 0.300. The number of nitrogens with one attached hydrogen (secondary N) is 1. The summed E-state index contributed by atoms with van der Waals surface area (Å²) in [6, 6.07) is 9.45. The number of anilines is 1. The molecule has 0 heterocycles. The summed E-state index contributed by atoms with van der Waals surface area (Å²) in [7, 11) is 1.33. The Kier molecular flexibility index (Phi) is 5.50. The first-order valence-corrected chi connectivity index (χ1v) is 7.63. The number of aryl methyl sites for hydroxylation is 3. The van der Waals surface area contributed by atoms with Gasteiger partial charge in [0.25, 0.3) is 0 Å². The van der Waals surface area contributed by atoms with Gasteiger partial charge in [-0.05, 0) is 55.7 Å². The first-order chi connectivity index (χ1) is 10.9. The monoisotopic (exact) mass is 333 g/mol. The second kappa shape index (κ2) is 7.38. The van der Waals surface area contributed by atoms with Gasteiger partial charge in [-0.25, -0.2) is 4.79 Å². The molecule has 2 rings (SSSR count). The molecule has 23 heavy (non-hydrogen) atoms. The van der Waals surface area contributed by atoms with Gasteiger partial charge in [0.1, 0.15) is 12.4 Å². The van der Waals surface area contributed by atoms with Crippen molar-refractivity contribution < 1.29 is 14.3 Å². The fourth-order valence-electron chi connectivity index (χ4n) is 2.19. The summed E-state index contributed by atoms with van der Waals surface area (Å²) in [5, 5.41) is 3.27. The number of ether oxygens (including phenoxy) is 2. The topological polar surface area (TPSA) is 47.6 Å². The van der Waals surface area contributed by atoms with E-state index in [0.717, 1.165) is 22.3 Å². The standard InChI is InChI=1S/C18H20ClNO3/c1-11-6-5-7-16(20-18(21)22-4)14(11)10-23-17-9-13(3)12(2)8-15(17)19/h5-9H,10H2,1-4H3,(H,20,21). The molecular formula is C18H20ClNO3. The van der Waals surface area contributed by atoms with Crippen molar-refractivity contribution in [1.29, 1.82) is 0 Å². The van der Waals surface area contributed by atoms with Gasteiger partial charge >= 0.3 is 6.09 Å². The van der Waals surface area contributed by atoms with Crippen molar-refractivity contribution >= 4 is 23.4 Å². The third-order valence-electron chi connectivity index (χ3n) is 3.75. The molecule has 0 spiro atoms. The molecular weight excluding hydrogens is 314 g/mol. The highest BCUT2D eigenvalue weighted by Crippen LogP contribution is 2.30. The van der Waals surface area contributed by atoms with Crippen LogP contribution in [-0.2, 0) is 11.3 Å². The van der Waals surface area contributed by atoms with Crippen molar-refractivity contribution in [2.75, 3.05) is 12.4 Å². The van der Waals surface area contributed by atoms with Crippen LogP contribution in [0, 0.1) is 20.8 Å². The normalized spacial score (nSPS) is 10.3. The molecule has 2 aromatic carbocycles. The van der Waals surface area contributed by atoms with Gasteiger partial charge in [-0.3, -0.25) is 5.32 Å². The number of hydrogen-bond acceptors (Lipinski definition) is 3. The number of carbonyl (C=O) groups excluding carboxylic acids is 1. The molecule has 0 atom stereocenters. The van der Waals surface area contributed by atoms with Gasteiger partial charge in [-0.15, -0.1) is 0 Å². The Morgan fingerprint density at radius 1 is 1.13 bits per heavy atom. The van der Waals surface area contributed by atoms with E-state index in [0.29, 0.717) is 23.1 Å². The average Bonchev–Trinajstić information content (AvgIpc) is 2.51. The molecule has 5 heteroatoms. The molecule has 0 saturated heterocycles. The van der Waals surface area contributed by atoms with Crippen molar-refractivity contribution in [1.82, 2.24) is 0 Å². The third kappa shape index (κ3) is 4.17. The maximum atomic E-state index is 11.5. The maximum Gasteiger partial charge on any atom is 0.411 e. The van der Waals surface area contributed by atoms with Gasteiger partial charge in [-0.1, -0.05) is 23.7 Å². The molecule has 2 aromatic rings. The summed E-state index contributed by atoms with van der Waals surface area (Å²) in [5.74, 6) is 0.627. The van der Waals surface area contributed by atoms with Crippen LogP contribution in [0.1, 0.15) is 22.3 Å². The van der Waals surface area contributed by atoms with Gasteiger partial charge in [0.2, 0.25) is 0 Å². The Labute approximate surface area is 141 Å². The van der Waals surface area contributed by atoms with Gasteiger partial charge in [0.15, 0.2) is 0 Å². The van der Waals surface area contributed by atoms with Crippen LogP contribution in [0.15, 0.2) is 30.3 Å².